The minimum Gasteiger partial charge on any atom is -0.494 e. The molecule has 0 aliphatic carbocycles. The number of hydrogen-bond donors (Lipinski definition) is 1. The maximum absolute atomic E-state index is 12.5. The molecule has 1 N–H and O–H groups in total. The third-order valence-electron chi connectivity index (χ3n) is 4.55. The summed E-state index contributed by atoms with van der Waals surface area (Å²) in [6.45, 7) is 5.04. The lowest BCUT2D eigenvalue weighted by Crippen LogP contribution is -2.28. The maximum atomic E-state index is 12.5. The van der Waals surface area contributed by atoms with E-state index >= 15 is 0 Å². The van der Waals surface area contributed by atoms with Gasteiger partial charge < -0.3 is 10.1 Å². The van der Waals surface area contributed by atoms with Gasteiger partial charge in [0.05, 0.1) is 12.6 Å². The molecule has 0 heterocycles. The van der Waals surface area contributed by atoms with E-state index in [0.29, 0.717) is 5.56 Å². The summed E-state index contributed by atoms with van der Waals surface area (Å²) in [5.41, 5.74) is 1.79. The zero-order chi connectivity index (χ0) is 18.6. The lowest BCUT2D eigenvalue weighted by molar-refractivity contribution is 0.0935. The Labute approximate surface area is 157 Å². The van der Waals surface area contributed by atoms with Crippen LogP contribution in [0.2, 0.25) is 0 Å². The van der Waals surface area contributed by atoms with E-state index in [9.17, 15) is 4.79 Å². The first kappa shape index (κ1) is 20.0. The molecule has 0 bridgehead atoms. The average molecular weight is 354 g/mol. The second-order valence-electron chi connectivity index (χ2n) is 6.63. The number of hydrogen-bond acceptors (Lipinski definition) is 2. The van der Waals surface area contributed by atoms with E-state index < -0.39 is 0 Å². The fourth-order valence-corrected chi connectivity index (χ4v) is 2.95. The second kappa shape index (κ2) is 11.3. The van der Waals surface area contributed by atoms with Crippen molar-refractivity contribution in [2.75, 3.05) is 6.61 Å². The molecule has 0 saturated carbocycles. The largest absolute Gasteiger partial charge is 0.494 e. The normalized spacial score (nSPS) is 11.8. The number of benzene rings is 2. The average Bonchev–Trinajstić information content (AvgIpc) is 2.69. The van der Waals surface area contributed by atoms with Gasteiger partial charge in [-0.05, 0) is 42.7 Å². The lowest BCUT2D eigenvalue weighted by Gasteiger charge is -2.17. The maximum Gasteiger partial charge on any atom is 0.251 e. The van der Waals surface area contributed by atoms with Crippen LogP contribution in [0.25, 0.3) is 0 Å². The smallest absolute Gasteiger partial charge is 0.251 e. The molecule has 0 fully saturated rings. The molecule has 26 heavy (non-hydrogen) atoms. The summed E-state index contributed by atoms with van der Waals surface area (Å²) in [5.74, 6) is 0.777. The first-order valence-corrected chi connectivity index (χ1v) is 9.83. The second-order valence-corrected chi connectivity index (χ2v) is 6.63. The summed E-state index contributed by atoms with van der Waals surface area (Å²) in [6.07, 6.45) is 6.98. The first-order chi connectivity index (χ1) is 12.7. The van der Waals surface area contributed by atoms with Crippen molar-refractivity contribution in [2.24, 2.45) is 0 Å². The van der Waals surface area contributed by atoms with Gasteiger partial charge in [0.15, 0.2) is 0 Å². The van der Waals surface area contributed by atoms with E-state index in [1.165, 1.54) is 25.7 Å². The van der Waals surface area contributed by atoms with E-state index in [1.807, 2.05) is 54.6 Å². The van der Waals surface area contributed by atoms with Crippen LogP contribution in [-0.4, -0.2) is 12.5 Å². The van der Waals surface area contributed by atoms with Gasteiger partial charge in [-0.3, -0.25) is 4.79 Å². The highest BCUT2D eigenvalue weighted by Crippen LogP contribution is 2.18. The van der Waals surface area contributed by atoms with Crippen molar-refractivity contribution in [3.63, 3.8) is 0 Å². The van der Waals surface area contributed by atoms with Crippen LogP contribution in [0.5, 0.6) is 5.75 Å². The van der Waals surface area contributed by atoms with Crippen molar-refractivity contribution < 1.29 is 9.53 Å². The molecule has 0 spiro atoms. The monoisotopic (exact) mass is 353 g/mol. The highest BCUT2D eigenvalue weighted by atomic mass is 16.5. The first-order valence-electron chi connectivity index (χ1n) is 9.83. The molecule has 0 aliphatic heterocycles. The predicted octanol–water partition coefficient (Wildman–Crippen LogP) is 5.92. The Bertz CT molecular complexity index is 637. The Hall–Kier alpha value is -2.29. The molecular weight excluding hydrogens is 322 g/mol. The SMILES string of the molecule is CCCCCCCOc1ccc(C(=O)NC(CC)c2ccccc2)cc1. The number of unbranched alkanes of at least 4 members (excludes halogenated alkanes) is 4. The number of nitrogens with one attached hydrogen (secondary N) is 1. The predicted molar refractivity (Wildman–Crippen MR) is 108 cm³/mol. The molecule has 2 aromatic rings. The van der Waals surface area contributed by atoms with E-state index in [0.717, 1.165) is 30.8 Å². The quantitative estimate of drug-likeness (QED) is 0.509. The number of amides is 1. The Kier molecular flexibility index (Phi) is 8.74. The van der Waals surface area contributed by atoms with Gasteiger partial charge in [0.25, 0.3) is 5.91 Å². The zero-order valence-corrected chi connectivity index (χ0v) is 16.0. The molecular formula is C23H31NO2. The van der Waals surface area contributed by atoms with E-state index in [1.54, 1.807) is 0 Å². The number of carbonyl (C=O) groups excluding carboxylic acids is 1. The summed E-state index contributed by atoms with van der Waals surface area (Å²) in [5, 5.41) is 3.11. The van der Waals surface area contributed by atoms with Gasteiger partial charge in [-0.1, -0.05) is 69.9 Å². The minimum absolute atomic E-state index is 0.0303. The van der Waals surface area contributed by atoms with Gasteiger partial charge in [-0.15, -0.1) is 0 Å². The van der Waals surface area contributed by atoms with Crippen LogP contribution in [0.15, 0.2) is 54.6 Å². The molecule has 1 amide bonds. The molecule has 1 atom stereocenters. The van der Waals surface area contributed by atoms with Gasteiger partial charge in [0, 0.05) is 5.56 Å². The van der Waals surface area contributed by atoms with Crippen molar-refractivity contribution in [3.8, 4) is 5.75 Å². The van der Waals surface area contributed by atoms with Gasteiger partial charge in [0.2, 0.25) is 0 Å². The molecule has 2 rings (SSSR count). The number of rotatable bonds is 11. The van der Waals surface area contributed by atoms with E-state index in [4.69, 9.17) is 4.74 Å². The van der Waals surface area contributed by atoms with Crippen LogP contribution in [0.3, 0.4) is 0 Å². The molecule has 0 radical (unpaired) electrons. The van der Waals surface area contributed by atoms with Gasteiger partial charge in [0.1, 0.15) is 5.75 Å². The molecule has 1 unspecified atom stereocenters. The molecule has 0 aromatic heterocycles. The molecule has 0 saturated heterocycles. The fraction of sp³-hybridized carbons (Fsp3) is 0.435. The summed E-state index contributed by atoms with van der Waals surface area (Å²) in [6, 6.07) is 17.5. The Morgan fingerprint density at radius 2 is 1.62 bits per heavy atom. The van der Waals surface area contributed by atoms with E-state index in [2.05, 4.69) is 19.2 Å². The van der Waals surface area contributed by atoms with Crippen LogP contribution >= 0.6 is 0 Å². The van der Waals surface area contributed by atoms with Crippen molar-refractivity contribution in [1.82, 2.24) is 5.32 Å². The van der Waals surface area contributed by atoms with Crippen LogP contribution in [0, 0.1) is 0 Å². The third-order valence-corrected chi connectivity index (χ3v) is 4.55. The van der Waals surface area contributed by atoms with Crippen molar-refractivity contribution >= 4 is 5.91 Å². The van der Waals surface area contributed by atoms with Gasteiger partial charge >= 0.3 is 0 Å². The Balaban J connectivity index is 1.82. The topological polar surface area (TPSA) is 38.3 Å². The molecule has 3 nitrogen and oxygen atoms in total. The van der Waals surface area contributed by atoms with Crippen molar-refractivity contribution in [3.05, 3.63) is 65.7 Å². The molecule has 0 aliphatic rings. The fourth-order valence-electron chi connectivity index (χ4n) is 2.95. The van der Waals surface area contributed by atoms with Crippen LogP contribution in [-0.2, 0) is 0 Å². The third kappa shape index (κ3) is 6.55. The highest BCUT2D eigenvalue weighted by Gasteiger charge is 2.13. The van der Waals surface area contributed by atoms with Crippen molar-refractivity contribution in [1.29, 1.82) is 0 Å². The summed E-state index contributed by atoms with van der Waals surface area (Å²) >= 11 is 0. The number of carbonyl (C=O) groups is 1. The van der Waals surface area contributed by atoms with Crippen LogP contribution < -0.4 is 10.1 Å². The molecule has 2 aromatic carbocycles. The Morgan fingerprint density at radius 3 is 2.27 bits per heavy atom. The molecule has 3 heteroatoms. The summed E-state index contributed by atoms with van der Waals surface area (Å²) in [7, 11) is 0. The highest BCUT2D eigenvalue weighted by molar-refractivity contribution is 5.94. The standard InChI is InChI=1S/C23H31NO2/c1-3-5-6-7-11-18-26-21-16-14-20(15-17-21)23(25)24-22(4-2)19-12-9-8-10-13-19/h8-10,12-17,22H,3-7,11,18H2,1-2H3,(H,24,25). The minimum atomic E-state index is -0.0492. The van der Waals surface area contributed by atoms with Gasteiger partial charge in [-0.25, -0.2) is 0 Å². The Morgan fingerprint density at radius 1 is 0.923 bits per heavy atom. The lowest BCUT2D eigenvalue weighted by atomic mass is 10.0. The summed E-state index contributed by atoms with van der Waals surface area (Å²) in [4.78, 5) is 12.5. The van der Waals surface area contributed by atoms with E-state index in [-0.39, 0.29) is 11.9 Å². The van der Waals surface area contributed by atoms with Gasteiger partial charge in [-0.2, -0.15) is 0 Å². The zero-order valence-electron chi connectivity index (χ0n) is 16.0. The number of ether oxygens (including phenoxy) is 1. The van der Waals surface area contributed by atoms with Crippen LogP contribution in [0.4, 0.5) is 0 Å². The summed E-state index contributed by atoms with van der Waals surface area (Å²) < 4.78 is 5.76. The molecule has 140 valence electrons. The van der Waals surface area contributed by atoms with Crippen LogP contribution in [0.1, 0.15) is 74.3 Å². The van der Waals surface area contributed by atoms with Crippen molar-refractivity contribution in [2.45, 2.75) is 58.4 Å².